The Kier molecular flexibility index (Phi) is 5.70. The van der Waals surface area contributed by atoms with Crippen molar-refractivity contribution in [1.29, 1.82) is 0 Å². The van der Waals surface area contributed by atoms with Crippen molar-refractivity contribution in [3.8, 4) is 44.8 Å². The summed E-state index contributed by atoms with van der Waals surface area (Å²) in [5.41, 5.74) is 16.9. The predicted octanol–water partition coefficient (Wildman–Crippen LogP) is 12.2. The highest BCUT2D eigenvalue weighted by Crippen LogP contribution is 2.64. The van der Waals surface area contributed by atoms with E-state index in [0.29, 0.717) is 0 Å². The van der Waals surface area contributed by atoms with Gasteiger partial charge in [-0.05, 0) is 74.2 Å². The van der Waals surface area contributed by atoms with Crippen LogP contribution in [0.2, 0.25) is 0 Å². The smallest absolute Gasteiger partial charge is 0.0972 e. The molecule has 0 radical (unpaired) electrons. The van der Waals surface area contributed by atoms with Crippen LogP contribution in [0.3, 0.4) is 0 Å². The molecule has 7 aromatic carbocycles. The first-order chi connectivity index (χ1) is 26.3. The van der Waals surface area contributed by atoms with Crippen LogP contribution in [0.5, 0.6) is 0 Å². The van der Waals surface area contributed by atoms with Crippen molar-refractivity contribution in [1.82, 2.24) is 15.0 Å². The van der Waals surface area contributed by atoms with E-state index >= 15 is 0 Å². The van der Waals surface area contributed by atoms with Crippen LogP contribution in [0.4, 0.5) is 0 Å². The molecular formula is C50H29N3. The minimum Gasteiger partial charge on any atom is -0.254 e. The summed E-state index contributed by atoms with van der Waals surface area (Å²) in [4.78, 5) is 15.4. The normalized spacial score (nSPS) is 13.4. The van der Waals surface area contributed by atoms with Crippen molar-refractivity contribution in [2.24, 2.45) is 0 Å². The van der Waals surface area contributed by atoms with Gasteiger partial charge in [-0.1, -0.05) is 146 Å². The second kappa shape index (κ2) is 10.5. The van der Waals surface area contributed by atoms with Crippen molar-refractivity contribution in [2.45, 2.75) is 5.41 Å². The Morgan fingerprint density at radius 2 is 1.08 bits per heavy atom. The molecule has 0 N–H and O–H groups in total. The van der Waals surface area contributed by atoms with Gasteiger partial charge in [-0.2, -0.15) is 0 Å². The molecule has 0 saturated carbocycles. The van der Waals surface area contributed by atoms with Gasteiger partial charge in [0.2, 0.25) is 0 Å². The molecule has 53 heavy (non-hydrogen) atoms. The largest absolute Gasteiger partial charge is 0.254 e. The van der Waals surface area contributed by atoms with Crippen LogP contribution in [0.15, 0.2) is 176 Å². The van der Waals surface area contributed by atoms with E-state index in [9.17, 15) is 0 Å². The zero-order valence-electron chi connectivity index (χ0n) is 28.6. The number of para-hydroxylation sites is 1. The molecule has 0 saturated heterocycles. The Balaban J connectivity index is 1.17. The average Bonchev–Trinajstić information content (AvgIpc) is 3.71. The van der Waals surface area contributed by atoms with Gasteiger partial charge < -0.3 is 0 Å². The molecule has 0 atom stereocenters. The van der Waals surface area contributed by atoms with Gasteiger partial charge in [0.05, 0.1) is 33.4 Å². The fourth-order valence-corrected chi connectivity index (χ4v) is 9.55. The lowest BCUT2D eigenvalue weighted by atomic mass is 9.70. The lowest BCUT2D eigenvalue weighted by molar-refractivity contribution is 0.794. The van der Waals surface area contributed by atoms with Gasteiger partial charge >= 0.3 is 0 Å². The van der Waals surface area contributed by atoms with E-state index in [2.05, 4.69) is 164 Å². The third kappa shape index (κ3) is 3.75. The Morgan fingerprint density at radius 1 is 0.415 bits per heavy atom. The standard InChI is InChI=1S/C50H29N3/c1-5-18-39-34(14-1)35-15-2-6-19-40(35)50(39)41-20-7-3-17-38(41)45-42(50)26-25-37-36-16-4-8-21-44(36)53-47(46(37)45)33-12-9-11-32(29-33)43-27-24-31-23-22-30-13-10-28-51-48(30)49(31)52-43/h1-29H. The van der Waals surface area contributed by atoms with E-state index < -0.39 is 5.41 Å². The van der Waals surface area contributed by atoms with Crippen LogP contribution in [0, 0.1) is 0 Å². The highest BCUT2D eigenvalue weighted by atomic mass is 14.8. The molecule has 3 heterocycles. The summed E-state index contributed by atoms with van der Waals surface area (Å²) >= 11 is 0. The number of benzene rings is 7. The number of aromatic nitrogens is 3. The third-order valence-electron chi connectivity index (χ3n) is 11.7. The molecular weight excluding hydrogens is 643 g/mol. The Bertz CT molecular complexity index is 3150. The highest BCUT2D eigenvalue weighted by molar-refractivity contribution is 6.19. The monoisotopic (exact) mass is 671 g/mol. The number of rotatable bonds is 2. The van der Waals surface area contributed by atoms with Crippen LogP contribution in [-0.4, -0.2) is 15.0 Å². The highest BCUT2D eigenvalue weighted by Gasteiger charge is 2.52. The average molecular weight is 672 g/mol. The van der Waals surface area contributed by atoms with Crippen molar-refractivity contribution in [3.05, 3.63) is 198 Å². The van der Waals surface area contributed by atoms with Gasteiger partial charge in [0.15, 0.2) is 0 Å². The van der Waals surface area contributed by atoms with Crippen molar-refractivity contribution in [3.63, 3.8) is 0 Å². The summed E-state index contributed by atoms with van der Waals surface area (Å²) in [5, 5.41) is 5.72. The van der Waals surface area contributed by atoms with Crippen LogP contribution in [-0.2, 0) is 5.41 Å². The zero-order valence-corrected chi connectivity index (χ0v) is 28.6. The van der Waals surface area contributed by atoms with Gasteiger partial charge in [0.1, 0.15) is 0 Å². The second-order valence-electron chi connectivity index (χ2n) is 14.3. The van der Waals surface area contributed by atoms with Gasteiger partial charge in [0, 0.05) is 38.9 Å². The molecule has 3 aromatic heterocycles. The molecule has 3 heteroatoms. The third-order valence-corrected chi connectivity index (χ3v) is 11.7. The van der Waals surface area contributed by atoms with Crippen LogP contribution in [0.25, 0.3) is 88.2 Å². The van der Waals surface area contributed by atoms with Gasteiger partial charge in [0.25, 0.3) is 0 Å². The lowest BCUT2D eigenvalue weighted by Crippen LogP contribution is -2.25. The minimum absolute atomic E-state index is 0.427. The maximum atomic E-state index is 5.52. The molecule has 10 aromatic rings. The number of hydrogen-bond donors (Lipinski definition) is 0. The quantitative estimate of drug-likeness (QED) is 0.172. The predicted molar refractivity (Wildman–Crippen MR) is 217 cm³/mol. The molecule has 244 valence electrons. The Labute approximate surface area is 305 Å². The SMILES string of the molecule is c1cc(-c2ccc3ccc4cccnc4c3n2)cc(-c2nc3ccccc3c3ccc4c(c23)-c2ccccc2C42c3ccccc3-c3ccccc32)c1. The van der Waals surface area contributed by atoms with Gasteiger partial charge in [-0.3, -0.25) is 4.98 Å². The number of nitrogens with zero attached hydrogens (tertiary/aromatic N) is 3. The first-order valence-corrected chi connectivity index (χ1v) is 18.2. The fraction of sp³-hybridized carbons (Fsp3) is 0.0200. The van der Waals surface area contributed by atoms with E-state index in [1.54, 1.807) is 0 Å². The lowest BCUT2D eigenvalue weighted by Gasteiger charge is -2.30. The number of fused-ring (bicyclic) bond motifs is 17. The van der Waals surface area contributed by atoms with Crippen molar-refractivity contribution < 1.29 is 0 Å². The van der Waals surface area contributed by atoms with Crippen LogP contribution < -0.4 is 0 Å². The van der Waals surface area contributed by atoms with E-state index in [1.165, 1.54) is 55.3 Å². The molecule has 1 spiro atoms. The van der Waals surface area contributed by atoms with E-state index in [1.807, 2.05) is 12.3 Å². The molecule has 0 bridgehead atoms. The summed E-state index contributed by atoms with van der Waals surface area (Å²) < 4.78 is 0. The van der Waals surface area contributed by atoms with Crippen LogP contribution >= 0.6 is 0 Å². The summed E-state index contributed by atoms with van der Waals surface area (Å²) in [7, 11) is 0. The number of hydrogen-bond acceptors (Lipinski definition) is 3. The first kappa shape index (κ1) is 28.7. The summed E-state index contributed by atoms with van der Waals surface area (Å²) in [6.07, 6.45) is 1.84. The van der Waals surface area contributed by atoms with E-state index in [4.69, 9.17) is 15.0 Å². The van der Waals surface area contributed by atoms with Gasteiger partial charge in [-0.25, -0.2) is 9.97 Å². The molecule has 0 fully saturated rings. The number of pyridine rings is 3. The summed E-state index contributed by atoms with van der Waals surface area (Å²) in [5.74, 6) is 0. The van der Waals surface area contributed by atoms with Crippen molar-refractivity contribution >= 4 is 43.5 Å². The topological polar surface area (TPSA) is 38.7 Å². The second-order valence-corrected chi connectivity index (χ2v) is 14.3. The van der Waals surface area contributed by atoms with E-state index in [-0.39, 0.29) is 0 Å². The molecule has 0 unspecified atom stereocenters. The van der Waals surface area contributed by atoms with Crippen molar-refractivity contribution in [2.75, 3.05) is 0 Å². The summed E-state index contributed by atoms with van der Waals surface area (Å²) in [6, 6.07) is 61.7. The summed E-state index contributed by atoms with van der Waals surface area (Å²) in [6.45, 7) is 0. The Hall–Kier alpha value is -6.97. The first-order valence-electron chi connectivity index (χ1n) is 18.2. The molecule has 2 aliphatic carbocycles. The molecule has 3 nitrogen and oxygen atoms in total. The minimum atomic E-state index is -0.427. The van der Waals surface area contributed by atoms with Crippen LogP contribution in [0.1, 0.15) is 22.3 Å². The maximum absolute atomic E-state index is 5.52. The fourth-order valence-electron chi connectivity index (χ4n) is 9.55. The van der Waals surface area contributed by atoms with E-state index in [0.717, 1.165) is 55.2 Å². The zero-order chi connectivity index (χ0) is 34.7. The molecule has 12 rings (SSSR count). The Morgan fingerprint density at radius 3 is 1.89 bits per heavy atom. The maximum Gasteiger partial charge on any atom is 0.0972 e. The molecule has 0 amide bonds. The molecule has 2 aliphatic rings. The van der Waals surface area contributed by atoms with Gasteiger partial charge in [-0.15, -0.1) is 0 Å². The molecule has 0 aliphatic heterocycles.